The van der Waals surface area contributed by atoms with Gasteiger partial charge in [-0.2, -0.15) is 0 Å². The Morgan fingerprint density at radius 3 is 2.56 bits per heavy atom. The van der Waals surface area contributed by atoms with E-state index in [-0.39, 0.29) is 17.6 Å². The molecule has 0 fully saturated rings. The summed E-state index contributed by atoms with van der Waals surface area (Å²) in [6.45, 7) is 7.83. The van der Waals surface area contributed by atoms with E-state index in [1.807, 2.05) is 39.3 Å². The van der Waals surface area contributed by atoms with Crippen LogP contribution in [-0.4, -0.2) is 39.5 Å². The first-order valence-electron chi connectivity index (χ1n) is 7.76. The SMILES string of the molecule is COC(=O)c1c(NC(=O)CSc2nnc(C(C)C)n2C)sc(C)c1C. The molecule has 25 heavy (non-hydrogen) atoms. The van der Waals surface area contributed by atoms with Crippen LogP contribution in [0.4, 0.5) is 5.00 Å². The first kappa shape index (κ1) is 19.5. The third kappa shape index (κ3) is 4.21. The summed E-state index contributed by atoms with van der Waals surface area (Å²) in [5, 5.41) is 12.3. The maximum absolute atomic E-state index is 12.3. The Morgan fingerprint density at radius 1 is 1.32 bits per heavy atom. The highest BCUT2D eigenvalue weighted by molar-refractivity contribution is 7.99. The first-order chi connectivity index (χ1) is 11.8. The number of carbonyl (C=O) groups is 2. The number of aromatic nitrogens is 3. The maximum atomic E-state index is 12.3. The molecule has 136 valence electrons. The Kier molecular flexibility index (Phi) is 6.23. The van der Waals surface area contributed by atoms with Crippen LogP contribution in [0.25, 0.3) is 0 Å². The number of amides is 1. The van der Waals surface area contributed by atoms with Gasteiger partial charge in [-0.1, -0.05) is 25.6 Å². The number of aryl methyl sites for hydroxylation is 1. The largest absolute Gasteiger partial charge is 0.465 e. The Balaban J connectivity index is 2.06. The van der Waals surface area contributed by atoms with Crippen LogP contribution in [0.1, 0.15) is 46.4 Å². The summed E-state index contributed by atoms with van der Waals surface area (Å²) in [4.78, 5) is 25.2. The first-order valence-corrected chi connectivity index (χ1v) is 9.56. The number of nitrogens with one attached hydrogen (secondary N) is 1. The van der Waals surface area contributed by atoms with Gasteiger partial charge in [0.15, 0.2) is 5.16 Å². The molecule has 0 saturated carbocycles. The van der Waals surface area contributed by atoms with Gasteiger partial charge in [0.05, 0.1) is 18.4 Å². The second-order valence-electron chi connectivity index (χ2n) is 5.87. The number of rotatable bonds is 6. The van der Waals surface area contributed by atoms with E-state index in [0.29, 0.717) is 15.7 Å². The van der Waals surface area contributed by atoms with Crippen molar-refractivity contribution in [1.29, 1.82) is 0 Å². The zero-order chi connectivity index (χ0) is 18.7. The van der Waals surface area contributed by atoms with E-state index in [1.54, 1.807) is 0 Å². The minimum atomic E-state index is -0.445. The molecule has 0 aliphatic carbocycles. The van der Waals surface area contributed by atoms with Gasteiger partial charge in [0.2, 0.25) is 5.91 Å². The molecule has 0 aromatic carbocycles. The fourth-order valence-corrected chi connectivity index (χ4v) is 4.09. The molecule has 1 N–H and O–H groups in total. The zero-order valence-electron chi connectivity index (χ0n) is 15.2. The smallest absolute Gasteiger partial charge is 0.341 e. The monoisotopic (exact) mass is 382 g/mol. The van der Waals surface area contributed by atoms with Crippen LogP contribution >= 0.6 is 23.1 Å². The quantitative estimate of drug-likeness (QED) is 0.610. The lowest BCUT2D eigenvalue weighted by molar-refractivity contribution is -0.113. The predicted octanol–water partition coefficient (Wildman–Crippen LogP) is 3.13. The van der Waals surface area contributed by atoms with Crippen molar-refractivity contribution in [2.45, 2.75) is 38.8 Å². The number of anilines is 1. The highest BCUT2D eigenvalue weighted by atomic mass is 32.2. The van der Waals surface area contributed by atoms with E-state index in [4.69, 9.17) is 4.74 Å². The van der Waals surface area contributed by atoms with E-state index >= 15 is 0 Å². The average molecular weight is 383 g/mol. The molecule has 7 nitrogen and oxygen atoms in total. The number of carbonyl (C=O) groups excluding carboxylic acids is 2. The molecule has 0 atom stereocenters. The zero-order valence-corrected chi connectivity index (χ0v) is 16.8. The molecule has 0 aliphatic heterocycles. The van der Waals surface area contributed by atoms with Gasteiger partial charge in [-0.15, -0.1) is 21.5 Å². The van der Waals surface area contributed by atoms with Gasteiger partial charge in [-0.05, 0) is 19.4 Å². The summed E-state index contributed by atoms with van der Waals surface area (Å²) in [5.74, 6) is 0.673. The molecule has 0 spiro atoms. The lowest BCUT2D eigenvalue weighted by Crippen LogP contribution is -2.16. The van der Waals surface area contributed by atoms with Crippen molar-refractivity contribution in [3.05, 3.63) is 21.8 Å². The molecular formula is C16H22N4O3S2. The summed E-state index contributed by atoms with van der Waals surface area (Å²) in [6, 6.07) is 0. The topological polar surface area (TPSA) is 86.1 Å². The fraction of sp³-hybridized carbons (Fsp3) is 0.500. The molecule has 0 aliphatic rings. The predicted molar refractivity (Wildman–Crippen MR) is 99.6 cm³/mol. The highest BCUT2D eigenvalue weighted by Gasteiger charge is 2.22. The normalized spacial score (nSPS) is 11.0. The molecule has 1 amide bonds. The van der Waals surface area contributed by atoms with Crippen LogP contribution < -0.4 is 5.32 Å². The number of thiophene rings is 1. The van der Waals surface area contributed by atoms with Crippen molar-refractivity contribution in [2.24, 2.45) is 7.05 Å². The molecular weight excluding hydrogens is 360 g/mol. The molecule has 0 saturated heterocycles. The van der Waals surface area contributed by atoms with Gasteiger partial charge in [0.25, 0.3) is 0 Å². The Morgan fingerprint density at radius 2 is 2.00 bits per heavy atom. The van der Waals surface area contributed by atoms with Crippen LogP contribution in [0.15, 0.2) is 5.16 Å². The third-order valence-corrected chi connectivity index (χ3v) is 5.89. The molecule has 2 aromatic rings. The van der Waals surface area contributed by atoms with Crippen LogP contribution in [-0.2, 0) is 16.6 Å². The van der Waals surface area contributed by atoms with Crippen molar-refractivity contribution >= 4 is 40.0 Å². The minimum absolute atomic E-state index is 0.181. The van der Waals surface area contributed by atoms with E-state index in [0.717, 1.165) is 16.3 Å². The van der Waals surface area contributed by atoms with E-state index in [1.165, 1.54) is 30.2 Å². The van der Waals surface area contributed by atoms with Crippen molar-refractivity contribution in [1.82, 2.24) is 14.8 Å². The number of methoxy groups -OCH3 is 1. The molecule has 0 radical (unpaired) electrons. The van der Waals surface area contributed by atoms with Gasteiger partial charge in [0, 0.05) is 17.8 Å². The van der Waals surface area contributed by atoms with Crippen LogP contribution in [0.5, 0.6) is 0 Å². The van der Waals surface area contributed by atoms with Gasteiger partial charge in [-0.25, -0.2) is 4.79 Å². The molecule has 2 rings (SSSR count). The van der Waals surface area contributed by atoms with E-state index in [2.05, 4.69) is 15.5 Å². The third-order valence-electron chi connectivity index (χ3n) is 3.75. The summed E-state index contributed by atoms with van der Waals surface area (Å²) < 4.78 is 6.70. The lowest BCUT2D eigenvalue weighted by atomic mass is 10.1. The Hall–Kier alpha value is -1.87. The standard InChI is InChI=1S/C16H22N4O3S2/c1-8(2)13-18-19-16(20(13)5)24-7-11(21)17-14-12(15(22)23-6)9(3)10(4)25-14/h8H,7H2,1-6H3,(H,17,21). The number of esters is 1. The van der Waals surface area contributed by atoms with Crippen LogP contribution in [0.2, 0.25) is 0 Å². The van der Waals surface area contributed by atoms with Crippen molar-refractivity contribution in [3.63, 3.8) is 0 Å². The van der Waals surface area contributed by atoms with Crippen molar-refractivity contribution < 1.29 is 14.3 Å². The van der Waals surface area contributed by atoms with Crippen molar-refractivity contribution in [3.8, 4) is 0 Å². The number of hydrogen-bond acceptors (Lipinski definition) is 7. The highest BCUT2D eigenvalue weighted by Crippen LogP contribution is 2.33. The van der Waals surface area contributed by atoms with Gasteiger partial charge in [-0.3, -0.25) is 4.79 Å². The number of hydrogen-bond donors (Lipinski definition) is 1. The lowest BCUT2D eigenvalue weighted by Gasteiger charge is -2.07. The molecule has 2 heterocycles. The summed E-state index contributed by atoms with van der Waals surface area (Å²) in [7, 11) is 3.22. The molecule has 0 unspecified atom stereocenters. The number of thioether (sulfide) groups is 1. The minimum Gasteiger partial charge on any atom is -0.465 e. The molecule has 9 heteroatoms. The Bertz CT molecular complexity index is 796. The molecule has 0 bridgehead atoms. The van der Waals surface area contributed by atoms with E-state index < -0.39 is 5.97 Å². The van der Waals surface area contributed by atoms with Crippen molar-refractivity contribution in [2.75, 3.05) is 18.2 Å². The summed E-state index contributed by atoms with van der Waals surface area (Å²) in [6.07, 6.45) is 0. The number of ether oxygens (including phenoxy) is 1. The Labute approximate surface area is 155 Å². The van der Waals surface area contributed by atoms with Gasteiger partial charge in [0.1, 0.15) is 10.8 Å². The van der Waals surface area contributed by atoms with Gasteiger partial charge < -0.3 is 14.6 Å². The maximum Gasteiger partial charge on any atom is 0.341 e. The summed E-state index contributed by atoms with van der Waals surface area (Å²) in [5.41, 5.74) is 1.25. The summed E-state index contributed by atoms with van der Waals surface area (Å²) >= 11 is 2.68. The average Bonchev–Trinajstić information content (AvgIpc) is 3.05. The van der Waals surface area contributed by atoms with Crippen LogP contribution in [0, 0.1) is 13.8 Å². The van der Waals surface area contributed by atoms with E-state index in [9.17, 15) is 9.59 Å². The van der Waals surface area contributed by atoms with Crippen LogP contribution in [0.3, 0.4) is 0 Å². The fourth-order valence-electron chi connectivity index (χ4n) is 2.31. The molecule has 2 aromatic heterocycles. The number of nitrogens with zero attached hydrogens (tertiary/aromatic N) is 3. The second-order valence-corrected chi connectivity index (χ2v) is 8.04. The second kappa shape index (κ2) is 8.01. The van der Waals surface area contributed by atoms with Gasteiger partial charge >= 0.3 is 5.97 Å².